The SMILES string of the molecule is CCOc1c(Br)cc(Br)cc1CNc1ccc2c(c1)OCCO2. The average Bonchev–Trinajstić information content (AvgIpc) is 2.55. The van der Waals surface area contributed by atoms with Crippen molar-refractivity contribution in [2.75, 3.05) is 25.1 Å². The van der Waals surface area contributed by atoms with Crippen LogP contribution in [0, 0.1) is 0 Å². The van der Waals surface area contributed by atoms with Crippen molar-refractivity contribution in [1.29, 1.82) is 0 Å². The summed E-state index contributed by atoms with van der Waals surface area (Å²) in [6, 6.07) is 9.92. The highest BCUT2D eigenvalue weighted by Crippen LogP contribution is 2.35. The summed E-state index contributed by atoms with van der Waals surface area (Å²) < 4.78 is 18.8. The largest absolute Gasteiger partial charge is 0.492 e. The lowest BCUT2D eigenvalue weighted by Gasteiger charge is -2.19. The molecule has 1 aliphatic rings. The Kier molecular flexibility index (Phi) is 5.33. The number of anilines is 1. The molecule has 0 amide bonds. The van der Waals surface area contributed by atoms with Gasteiger partial charge >= 0.3 is 0 Å². The predicted molar refractivity (Wildman–Crippen MR) is 97.8 cm³/mol. The molecule has 2 aromatic rings. The molecule has 0 saturated carbocycles. The Labute approximate surface area is 152 Å². The maximum atomic E-state index is 5.75. The van der Waals surface area contributed by atoms with Crippen LogP contribution in [0.5, 0.6) is 17.2 Å². The normalized spacial score (nSPS) is 12.8. The second-order valence-corrected chi connectivity index (χ2v) is 6.79. The Bertz CT molecular complexity index is 706. The van der Waals surface area contributed by atoms with E-state index >= 15 is 0 Å². The van der Waals surface area contributed by atoms with E-state index in [1.807, 2.05) is 31.2 Å². The van der Waals surface area contributed by atoms with E-state index in [0.29, 0.717) is 26.4 Å². The number of fused-ring (bicyclic) bond motifs is 1. The molecule has 0 unspecified atom stereocenters. The second kappa shape index (κ2) is 7.45. The van der Waals surface area contributed by atoms with Crippen molar-refractivity contribution < 1.29 is 14.2 Å². The van der Waals surface area contributed by atoms with E-state index in [0.717, 1.165) is 37.4 Å². The van der Waals surface area contributed by atoms with Crippen LogP contribution in [0.2, 0.25) is 0 Å². The van der Waals surface area contributed by atoms with Crippen molar-refractivity contribution >= 4 is 37.5 Å². The molecule has 6 heteroatoms. The van der Waals surface area contributed by atoms with E-state index in [9.17, 15) is 0 Å². The van der Waals surface area contributed by atoms with Crippen LogP contribution in [-0.4, -0.2) is 19.8 Å². The first-order valence-corrected chi connectivity index (χ1v) is 9.00. The van der Waals surface area contributed by atoms with E-state index in [1.54, 1.807) is 0 Å². The Morgan fingerprint density at radius 2 is 1.87 bits per heavy atom. The number of rotatable bonds is 5. The molecule has 0 bridgehead atoms. The fourth-order valence-electron chi connectivity index (χ4n) is 2.40. The number of ether oxygens (including phenoxy) is 3. The molecule has 3 rings (SSSR count). The molecule has 122 valence electrons. The van der Waals surface area contributed by atoms with Crippen molar-refractivity contribution in [2.24, 2.45) is 0 Å². The molecule has 1 aliphatic heterocycles. The zero-order valence-electron chi connectivity index (χ0n) is 12.7. The smallest absolute Gasteiger partial charge is 0.163 e. The van der Waals surface area contributed by atoms with Gasteiger partial charge in [0, 0.05) is 28.3 Å². The standard InChI is InChI=1S/C17H17Br2NO3/c1-2-21-17-11(7-12(18)8-14(17)19)10-20-13-3-4-15-16(9-13)23-6-5-22-15/h3-4,7-9,20H,2,5-6,10H2,1H3. The summed E-state index contributed by atoms with van der Waals surface area (Å²) in [4.78, 5) is 0. The summed E-state index contributed by atoms with van der Waals surface area (Å²) in [5.41, 5.74) is 2.05. The minimum absolute atomic E-state index is 0.587. The summed E-state index contributed by atoms with van der Waals surface area (Å²) in [6.07, 6.45) is 0. The van der Waals surface area contributed by atoms with Crippen LogP contribution < -0.4 is 19.5 Å². The van der Waals surface area contributed by atoms with Crippen molar-refractivity contribution in [3.63, 3.8) is 0 Å². The second-order valence-electron chi connectivity index (χ2n) is 5.02. The molecule has 0 radical (unpaired) electrons. The van der Waals surface area contributed by atoms with Crippen molar-refractivity contribution in [1.82, 2.24) is 0 Å². The third-order valence-corrected chi connectivity index (χ3v) is 4.45. The highest BCUT2D eigenvalue weighted by Gasteiger charge is 2.13. The molecule has 23 heavy (non-hydrogen) atoms. The highest BCUT2D eigenvalue weighted by molar-refractivity contribution is 9.11. The minimum Gasteiger partial charge on any atom is -0.492 e. The number of halogens is 2. The molecule has 0 saturated heterocycles. The maximum absolute atomic E-state index is 5.75. The van der Waals surface area contributed by atoms with Gasteiger partial charge in [-0.25, -0.2) is 0 Å². The van der Waals surface area contributed by atoms with E-state index in [1.165, 1.54) is 0 Å². The Balaban J connectivity index is 1.78. The summed E-state index contributed by atoms with van der Waals surface area (Å²) in [6.45, 7) is 4.43. The van der Waals surface area contributed by atoms with Crippen LogP contribution in [0.25, 0.3) is 0 Å². The van der Waals surface area contributed by atoms with Gasteiger partial charge in [-0.05, 0) is 47.1 Å². The van der Waals surface area contributed by atoms with Gasteiger partial charge in [-0.2, -0.15) is 0 Å². The van der Waals surface area contributed by atoms with Crippen LogP contribution in [0.4, 0.5) is 5.69 Å². The van der Waals surface area contributed by atoms with E-state index in [-0.39, 0.29) is 0 Å². The summed E-state index contributed by atoms with van der Waals surface area (Å²) in [5, 5.41) is 3.41. The Morgan fingerprint density at radius 3 is 2.65 bits per heavy atom. The first-order valence-electron chi connectivity index (χ1n) is 7.41. The third kappa shape index (κ3) is 3.93. The van der Waals surface area contributed by atoms with E-state index in [4.69, 9.17) is 14.2 Å². The third-order valence-electron chi connectivity index (χ3n) is 3.40. The monoisotopic (exact) mass is 441 g/mol. The Morgan fingerprint density at radius 1 is 1.09 bits per heavy atom. The van der Waals surface area contributed by atoms with Crippen molar-refractivity contribution in [2.45, 2.75) is 13.5 Å². The number of hydrogen-bond donors (Lipinski definition) is 1. The topological polar surface area (TPSA) is 39.7 Å². The van der Waals surface area contributed by atoms with Crippen LogP contribution in [0.1, 0.15) is 12.5 Å². The van der Waals surface area contributed by atoms with Crippen LogP contribution in [0.15, 0.2) is 39.3 Å². The van der Waals surface area contributed by atoms with Crippen LogP contribution in [-0.2, 0) is 6.54 Å². The van der Waals surface area contributed by atoms with Crippen LogP contribution >= 0.6 is 31.9 Å². The quantitative estimate of drug-likeness (QED) is 0.707. The molecule has 0 fully saturated rings. The number of nitrogens with one attached hydrogen (secondary N) is 1. The molecule has 0 aromatic heterocycles. The molecular weight excluding hydrogens is 426 g/mol. The number of benzene rings is 2. The minimum atomic E-state index is 0.587. The molecule has 1 N–H and O–H groups in total. The summed E-state index contributed by atoms with van der Waals surface area (Å²) >= 11 is 7.08. The highest BCUT2D eigenvalue weighted by atomic mass is 79.9. The van der Waals surface area contributed by atoms with Crippen LogP contribution in [0.3, 0.4) is 0 Å². The van der Waals surface area contributed by atoms with Gasteiger partial charge < -0.3 is 19.5 Å². The maximum Gasteiger partial charge on any atom is 0.163 e. The summed E-state index contributed by atoms with van der Waals surface area (Å²) in [7, 11) is 0. The molecular formula is C17H17Br2NO3. The Hall–Kier alpha value is -1.40. The lowest BCUT2D eigenvalue weighted by atomic mass is 10.2. The fourth-order valence-corrected chi connectivity index (χ4v) is 3.83. The van der Waals surface area contributed by atoms with E-state index < -0.39 is 0 Å². The van der Waals surface area contributed by atoms with E-state index in [2.05, 4.69) is 43.2 Å². The van der Waals surface area contributed by atoms with Gasteiger partial charge in [0.1, 0.15) is 19.0 Å². The lowest BCUT2D eigenvalue weighted by Crippen LogP contribution is -2.15. The molecule has 2 aromatic carbocycles. The zero-order chi connectivity index (χ0) is 16.2. The van der Waals surface area contributed by atoms with Gasteiger partial charge in [-0.1, -0.05) is 15.9 Å². The van der Waals surface area contributed by atoms with Gasteiger partial charge in [0.15, 0.2) is 11.5 Å². The fraction of sp³-hybridized carbons (Fsp3) is 0.294. The van der Waals surface area contributed by atoms with Crippen molar-refractivity contribution in [3.8, 4) is 17.2 Å². The average molecular weight is 443 g/mol. The first-order chi connectivity index (χ1) is 11.2. The molecule has 4 nitrogen and oxygen atoms in total. The van der Waals surface area contributed by atoms with Gasteiger partial charge in [0.25, 0.3) is 0 Å². The predicted octanol–water partition coefficient (Wildman–Crippen LogP) is 4.99. The molecule has 0 aliphatic carbocycles. The molecule has 0 spiro atoms. The van der Waals surface area contributed by atoms with Crippen molar-refractivity contribution in [3.05, 3.63) is 44.8 Å². The lowest BCUT2D eigenvalue weighted by molar-refractivity contribution is 0.171. The van der Waals surface area contributed by atoms with Gasteiger partial charge in [-0.15, -0.1) is 0 Å². The zero-order valence-corrected chi connectivity index (χ0v) is 15.9. The molecule has 0 atom stereocenters. The van der Waals surface area contributed by atoms with Gasteiger partial charge in [0.05, 0.1) is 11.1 Å². The first kappa shape index (κ1) is 16.5. The number of hydrogen-bond acceptors (Lipinski definition) is 4. The summed E-state index contributed by atoms with van der Waals surface area (Å²) in [5.74, 6) is 2.43. The van der Waals surface area contributed by atoms with Gasteiger partial charge in [-0.3, -0.25) is 0 Å². The molecule has 1 heterocycles. The van der Waals surface area contributed by atoms with Gasteiger partial charge in [0.2, 0.25) is 0 Å².